The molecule has 0 aromatic heterocycles. The number of nitrogens with zero attached hydrogens (tertiary/aromatic N) is 1. The number of aliphatic hydroxyl groups is 1. The maximum absolute atomic E-state index is 11.0. The van der Waals surface area contributed by atoms with Crippen molar-refractivity contribution in [1.29, 1.82) is 0 Å². The van der Waals surface area contributed by atoms with E-state index < -0.39 is 0 Å². The Hall–Kier alpha value is -0.570. The molecule has 1 heterocycles. The van der Waals surface area contributed by atoms with Crippen molar-refractivity contribution < 1.29 is 9.90 Å². The second-order valence-electron chi connectivity index (χ2n) is 3.25. The predicted octanol–water partition coefficient (Wildman–Crippen LogP) is 1.26. The van der Waals surface area contributed by atoms with Crippen molar-refractivity contribution >= 4 is 5.91 Å². The first-order valence-corrected chi connectivity index (χ1v) is 5.12. The summed E-state index contributed by atoms with van der Waals surface area (Å²) in [6.07, 6.45) is 2.28. The third kappa shape index (κ3) is 4.27. The van der Waals surface area contributed by atoms with Gasteiger partial charge in [-0.15, -0.1) is 0 Å². The van der Waals surface area contributed by atoms with Crippen LogP contribution in [-0.4, -0.2) is 35.6 Å². The molecule has 3 nitrogen and oxygen atoms in total. The first-order chi connectivity index (χ1) is 6.24. The Balaban J connectivity index is 0.000000671. The van der Waals surface area contributed by atoms with E-state index in [1.54, 1.807) is 4.90 Å². The van der Waals surface area contributed by atoms with E-state index in [1.165, 1.54) is 6.42 Å². The van der Waals surface area contributed by atoms with Crippen LogP contribution in [0.2, 0.25) is 0 Å². The maximum atomic E-state index is 11.0. The average Bonchev–Trinajstić information content (AvgIpc) is 2.20. The Kier molecular flexibility index (Phi) is 6.59. The number of hydrogen-bond acceptors (Lipinski definition) is 2. The molecule has 1 atom stereocenters. The van der Waals surface area contributed by atoms with E-state index in [9.17, 15) is 4.79 Å². The van der Waals surface area contributed by atoms with Crippen molar-refractivity contribution in [1.82, 2.24) is 4.90 Å². The second kappa shape index (κ2) is 6.89. The molecule has 1 aliphatic rings. The van der Waals surface area contributed by atoms with Crippen molar-refractivity contribution in [3.05, 3.63) is 0 Å². The fraction of sp³-hybridized carbons (Fsp3) is 0.900. The SMILES string of the molecule is CC.CC1CCCN(C(=O)CO)C1. The van der Waals surface area contributed by atoms with E-state index in [0.29, 0.717) is 5.92 Å². The summed E-state index contributed by atoms with van der Waals surface area (Å²) in [5.41, 5.74) is 0. The van der Waals surface area contributed by atoms with Gasteiger partial charge >= 0.3 is 0 Å². The number of carbonyl (C=O) groups excluding carboxylic acids is 1. The number of piperidine rings is 1. The van der Waals surface area contributed by atoms with Gasteiger partial charge in [0.05, 0.1) is 0 Å². The lowest BCUT2D eigenvalue weighted by Gasteiger charge is -2.30. The number of carbonyl (C=O) groups is 1. The van der Waals surface area contributed by atoms with Crippen LogP contribution in [0.5, 0.6) is 0 Å². The minimum Gasteiger partial charge on any atom is -0.387 e. The van der Waals surface area contributed by atoms with Crippen molar-refractivity contribution in [3.63, 3.8) is 0 Å². The van der Waals surface area contributed by atoms with Gasteiger partial charge < -0.3 is 10.0 Å². The van der Waals surface area contributed by atoms with Gasteiger partial charge in [0.25, 0.3) is 0 Å². The van der Waals surface area contributed by atoms with E-state index >= 15 is 0 Å². The van der Waals surface area contributed by atoms with Crippen LogP contribution in [0.15, 0.2) is 0 Å². The molecule has 13 heavy (non-hydrogen) atoms. The van der Waals surface area contributed by atoms with Gasteiger partial charge in [-0.05, 0) is 18.8 Å². The number of hydrogen-bond donors (Lipinski definition) is 1. The third-order valence-electron chi connectivity index (χ3n) is 2.14. The Morgan fingerprint density at radius 3 is 2.62 bits per heavy atom. The largest absolute Gasteiger partial charge is 0.387 e. The molecule has 0 aliphatic carbocycles. The van der Waals surface area contributed by atoms with Gasteiger partial charge in [-0.3, -0.25) is 4.79 Å². The van der Waals surface area contributed by atoms with Gasteiger partial charge in [0, 0.05) is 13.1 Å². The molecular formula is C10H21NO2. The maximum Gasteiger partial charge on any atom is 0.248 e. The molecule has 1 fully saturated rings. The summed E-state index contributed by atoms with van der Waals surface area (Å²) in [6, 6.07) is 0. The van der Waals surface area contributed by atoms with Crippen LogP contribution < -0.4 is 0 Å². The minimum absolute atomic E-state index is 0.128. The predicted molar refractivity (Wildman–Crippen MR) is 53.4 cm³/mol. The smallest absolute Gasteiger partial charge is 0.248 e. The monoisotopic (exact) mass is 187 g/mol. The average molecular weight is 187 g/mol. The molecule has 0 aromatic carbocycles. The normalized spacial score (nSPS) is 21.8. The van der Waals surface area contributed by atoms with E-state index in [2.05, 4.69) is 6.92 Å². The van der Waals surface area contributed by atoms with Crippen LogP contribution in [0, 0.1) is 5.92 Å². The molecule has 1 aliphatic heterocycles. The summed E-state index contributed by atoms with van der Waals surface area (Å²) in [7, 11) is 0. The number of aliphatic hydroxyl groups excluding tert-OH is 1. The zero-order chi connectivity index (χ0) is 10.3. The van der Waals surface area contributed by atoms with Gasteiger partial charge in [-0.2, -0.15) is 0 Å². The fourth-order valence-corrected chi connectivity index (χ4v) is 1.52. The topological polar surface area (TPSA) is 40.5 Å². The van der Waals surface area contributed by atoms with Crippen molar-refractivity contribution in [2.75, 3.05) is 19.7 Å². The van der Waals surface area contributed by atoms with E-state index in [0.717, 1.165) is 19.5 Å². The highest BCUT2D eigenvalue weighted by Crippen LogP contribution is 2.14. The van der Waals surface area contributed by atoms with Crippen LogP contribution in [-0.2, 0) is 4.79 Å². The summed E-state index contributed by atoms with van der Waals surface area (Å²) in [6.45, 7) is 7.44. The van der Waals surface area contributed by atoms with E-state index in [1.807, 2.05) is 13.8 Å². The molecule has 78 valence electrons. The van der Waals surface area contributed by atoms with Gasteiger partial charge in [-0.25, -0.2) is 0 Å². The molecule has 1 amide bonds. The fourth-order valence-electron chi connectivity index (χ4n) is 1.52. The van der Waals surface area contributed by atoms with Crippen LogP contribution >= 0.6 is 0 Å². The second-order valence-corrected chi connectivity index (χ2v) is 3.25. The molecule has 1 rings (SSSR count). The van der Waals surface area contributed by atoms with E-state index in [-0.39, 0.29) is 12.5 Å². The van der Waals surface area contributed by atoms with Crippen molar-refractivity contribution in [2.24, 2.45) is 5.92 Å². The summed E-state index contributed by atoms with van der Waals surface area (Å²) in [5.74, 6) is 0.468. The summed E-state index contributed by atoms with van der Waals surface area (Å²) in [5, 5.41) is 8.58. The molecule has 0 saturated carbocycles. The van der Waals surface area contributed by atoms with Crippen molar-refractivity contribution in [2.45, 2.75) is 33.6 Å². The summed E-state index contributed by atoms with van der Waals surface area (Å²) < 4.78 is 0. The molecule has 0 spiro atoms. The zero-order valence-electron chi connectivity index (χ0n) is 8.92. The highest BCUT2D eigenvalue weighted by Gasteiger charge is 2.19. The Morgan fingerprint density at radius 2 is 2.15 bits per heavy atom. The number of rotatable bonds is 1. The van der Waals surface area contributed by atoms with Gasteiger partial charge in [0.1, 0.15) is 6.61 Å². The molecule has 0 radical (unpaired) electrons. The van der Waals surface area contributed by atoms with Crippen LogP contribution in [0.3, 0.4) is 0 Å². The number of amides is 1. The van der Waals surface area contributed by atoms with Crippen LogP contribution in [0.4, 0.5) is 0 Å². The quantitative estimate of drug-likeness (QED) is 0.671. The lowest BCUT2D eigenvalue weighted by Crippen LogP contribution is -2.40. The molecule has 1 N–H and O–H groups in total. The lowest BCUT2D eigenvalue weighted by molar-refractivity contribution is -0.135. The van der Waals surface area contributed by atoms with Crippen LogP contribution in [0.25, 0.3) is 0 Å². The number of likely N-dealkylation sites (tertiary alicyclic amines) is 1. The van der Waals surface area contributed by atoms with E-state index in [4.69, 9.17) is 5.11 Å². The third-order valence-corrected chi connectivity index (χ3v) is 2.14. The van der Waals surface area contributed by atoms with Gasteiger partial charge in [0.2, 0.25) is 5.91 Å². The Morgan fingerprint density at radius 1 is 1.54 bits per heavy atom. The first-order valence-electron chi connectivity index (χ1n) is 5.12. The molecule has 0 bridgehead atoms. The Bertz CT molecular complexity index is 148. The molecule has 0 aromatic rings. The zero-order valence-corrected chi connectivity index (χ0v) is 8.92. The van der Waals surface area contributed by atoms with Crippen molar-refractivity contribution in [3.8, 4) is 0 Å². The summed E-state index contributed by atoms with van der Waals surface area (Å²) in [4.78, 5) is 12.7. The van der Waals surface area contributed by atoms with Gasteiger partial charge in [-0.1, -0.05) is 20.8 Å². The standard InChI is InChI=1S/C8H15NO2.C2H6/c1-7-3-2-4-9(5-7)8(11)6-10;1-2/h7,10H,2-6H2,1H3;1-2H3. The lowest BCUT2D eigenvalue weighted by atomic mass is 10.0. The minimum atomic E-state index is -0.341. The highest BCUT2D eigenvalue weighted by molar-refractivity contribution is 5.77. The first kappa shape index (κ1) is 12.4. The van der Waals surface area contributed by atoms with Crippen LogP contribution in [0.1, 0.15) is 33.6 Å². The summed E-state index contributed by atoms with van der Waals surface area (Å²) >= 11 is 0. The van der Waals surface area contributed by atoms with Gasteiger partial charge in [0.15, 0.2) is 0 Å². The molecule has 1 unspecified atom stereocenters. The highest BCUT2D eigenvalue weighted by atomic mass is 16.3. The molecule has 1 saturated heterocycles. The Labute approximate surface area is 80.7 Å². The molecule has 3 heteroatoms. The molecular weight excluding hydrogens is 166 g/mol.